The zero-order valence-electron chi connectivity index (χ0n) is 21.4. The van der Waals surface area contributed by atoms with Crippen LogP contribution in [0.4, 0.5) is 10.1 Å². The van der Waals surface area contributed by atoms with Gasteiger partial charge in [-0.3, -0.25) is 4.99 Å². The molecule has 1 saturated heterocycles. The number of benzene rings is 2. The van der Waals surface area contributed by atoms with Crippen molar-refractivity contribution in [1.29, 1.82) is 0 Å². The fraction of sp³-hybridized carbons (Fsp3) is 0.310. The number of fused-ring (bicyclic) bond motifs is 1. The van der Waals surface area contributed by atoms with E-state index in [0.717, 1.165) is 66.1 Å². The summed E-state index contributed by atoms with van der Waals surface area (Å²) in [5.74, 6) is 3.02. The van der Waals surface area contributed by atoms with Crippen molar-refractivity contribution in [2.24, 2.45) is 21.6 Å². The molecule has 37 heavy (non-hydrogen) atoms. The van der Waals surface area contributed by atoms with Crippen molar-refractivity contribution in [3.8, 4) is 0 Å². The molecule has 3 N–H and O–H groups in total. The number of aryl methyl sites for hydroxylation is 2. The molecule has 3 aliphatic heterocycles. The Bertz CT molecular complexity index is 1350. The highest BCUT2D eigenvalue weighted by atomic mass is 35.5. The Kier molecular flexibility index (Phi) is 7.36. The van der Waals surface area contributed by atoms with Gasteiger partial charge in [-0.2, -0.15) is 0 Å². The Balaban J connectivity index is 1.30. The molecule has 2 aromatic carbocycles. The second-order valence-electron chi connectivity index (χ2n) is 9.94. The minimum Gasteiger partial charge on any atom is -0.372 e. The maximum absolute atomic E-state index is 14.6. The van der Waals surface area contributed by atoms with Gasteiger partial charge in [0.15, 0.2) is 0 Å². The van der Waals surface area contributed by atoms with Crippen molar-refractivity contribution in [2.75, 3.05) is 25.0 Å². The third-order valence-corrected chi connectivity index (χ3v) is 7.97. The monoisotopic (exact) mass is 515 g/mol. The number of nitrogens with one attached hydrogen (secondary N) is 1. The lowest BCUT2D eigenvalue weighted by Gasteiger charge is -2.35. The molecule has 1 fully saturated rings. The quantitative estimate of drug-likeness (QED) is 0.468. The number of aliphatic imine (C=N–C) groups is 2. The van der Waals surface area contributed by atoms with Crippen molar-refractivity contribution in [1.82, 2.24) is 4.90 Å². The van der Waals surface area contributed by atoms with E-state index in [1.165, 1.54) is 6.07 Å². The van der Waals surface area contributed by atoms with E-state index in [0.29, 0.717) is 34.3 Å². The second kappa shape index (κ2) is 10.7. The van der Waals surface area contributed by atoms with E-state index in [1.54, 1.807) is 18.5 Å². The van der Waals surface area contributed by atoms with Gasteiger partial charge >= 0.3 is 0 Å². The third-order valence-electron chi connectivity index (χ3n) is 7.65. The van der Waals surface area contributed by atoms with E-state index >= 15 is 0 Å². The maximum Gasteiger partial charge on any atom is 0.266 e. The van der Waals surface area contributed by atoms with Crippen LogP contribution >= 0.6 is 11.6 Å². The molecular formula is C29H32BClFN5. The van der Waals surface area contributed by atoms with E-state index in [9.17, 15) is 4.39 Å². The minimum atomic E-state index is -0.246. The second-order valence-corrected chi connectivity index (χ2v) is 10.3. The van der Waals surface area contributed by atoms with E-state index in [2.05, 4.69) is 51.9 Å². The minimum absolute atomic E-state index is 0.138. The van der Waals surface area contributed by atoms with E-state index in [1.807, 2.05) is 12.9 Å². The molecule has 0 spiro atoms. The zero-order chi connectivity index (χ0) is 26.1. The fourth-order valence-electron chi connectivity index (χ4n) is 5.34. The number of rotatable bonds is 6. The van der Waals surface area contributed by atoms with Gasteiger partial charge in [-0.15, -0.1) is 0 Å². The Morgan fingerprint density at radius 2 is 2.03 bits per heavy atom. The van der Waals surface area contributed by atoms with Crippen molar-refractivity contribution >= 4 is 46.6 Å². The van der Waals surface area contributed by atoms with Crippen LogP contribution in [0.2, 0.25) is 5.02 Å². The molecule has 0 unspecified atom stereocenters. The molecule has 0 radical (unpaired) electrons. The average Bonchev–Trinajstić information content (AvgIpc) is 3.34. The summed E-state index contributed by atoms with van der Waals surface area (Å²) in [7, 11) is 0. The number of anilines is 1. The molecule has 3 aliphatic rings. The number of piperidine rings is 1. The van der Waals surface area contributed by atoms with Crippen LogP contribution in [0.5, 0.6) is 0 Å². The SMILES string of the molecule is C=C(c1ccc(NC2=NC=CB3C(c4cc(F)c(CC)cc4Cl)=CN=C32)cc1C)N1CCC(CN)CC1. The summed E-state index contributed by atoms with van der Waals surface area (Å²) >= 11 is 6.54. The standard InChI is InChI=1S/C29H32BClFN5/c1-4-21-14-26(31)24(15-27(21)32)25-17-35-28-29(34-10-9-30(25)28)36-22-5-6-23(18(2)13-22)19(3)37-11-7-20(16-33)8-12-37/h5-6,9-10,13-15,17,20H,3-4,7-8,11-12,16,33H2,1-2H3,(H,34,36). The van der Waals surface area contributed by atoms with Gasteiger partial charge in [-0.25, -0.2) is 9.38 Å². The molecule has 0 aromatic heterocycles. The first-order chi connectivity index (χ1) is 17.9. The van der Waals surface area contributed by atoms with Gasteiger partial charge in [0, 0.05) is 47.5 Å². The molecule has 8 heteroatoms. The van der Waals surface area contributed by atoms with Gasteiger partial charge in [0.05, 0.1) is 5.61 Å². The number of nitrogens with two attached hydrogens (primary N) is 1. The van der Waals surface area contributed by atoms with Crippen molar-refractivity contribution in [3.05, 3.63) is 88.4 Å². The van der Waals surface area contributed by atoms with Crippen LogP contribution in [0.1, 0.15) is 42.0 Å². The lowest BCUT2D eigenvalue weighted by atomic mass is 9.40. The molecular weight excluding hydrogens is 484 g/mol. The Morgan fingerprint density at radius 3 is 2.73 bits per heavy atom. The van der Waals surface area contributed by atoms with Gasteiger partial charge < -0.3 is 16.0 Å². The number of nitrogens with zero attached hydrogens (tertiary/aromatic N) is 3. The summed E-state index contributed by atoms with van der Waals surface area (Å²) in [6.45, 7) is 11.0. The highest BCUT2D eigenvalue weighted by Gasteiger charge is 2.34. The highest BCUT2D eigenvalue weighted by molar-refractivity contribution is 7.16. The smallest absolute Gasteiger partial charge is 0.266 e. The van der Waals surface area contributed by atoms with Gasteiger partial charge in [-0.1, -0.05) is 37.1 Å². The van der Waals surface area contributed by atoms with Crippen molar-refractivity contribution in [2.45, 2.75) is 33.1 Å². The van der Waals surface area contributed by atoms with Gasteiger partial charge in [0.25, 0.3) is 6.71 Å². The Labute approximate surface area is 223 Å². The normalized spacial score (nSPS) is 17.4. The van der Waals surface area contributed by atoms with Crippen LogP contribution in [0.15, 0.2) is 65.3 Å². The largest absolute Gasteiger partial charge is 0.372 e. The molecule has 0 aliphatic carbocycles. The van der Waals surface area contributed by atoms with Crippen LogP contribution in [0.25, 0.3) is 11.2 Å². The Hall–Kier alpha value is -3.16. The molecule has 2 aromatic rings. The van der Waals surface area contributed by atoms with E-state index in [4.69, 9.17) is 17.3 Å². The van der Waals surface area contributed by atoms with Crippen LogP contribution in [0, 0.1) is 18.7 Å². The molecule has 5 rings (SSSR count). The first-order valence-electron chi connectivity index (χ1n) is 12.9. The lowest BCUT2D eigenvalue weighted by molar-refractivity contribution is 0.260. The first-order valence-corrected chi connectivity index (χ1v) is 13.3. The maximum atomic E-state index is 14.6. The van der Waals surface area contributed by atoms with E-state index in [-0.39, 0.29) is 12.5 Å². The number of hydrogen-bond donors (Lipinski definition) is 2. The van der Waals surface area contributed by atoms with Gasteiger partial charge in [0.1, 0.15) is 11.7 Å². The molecule has 3 heterocycles. The highest BCUT2D eigenvalue weighted by Crippen LogP contribution is 2.34. The molecule has 5 nitrogen and oxygen atoms in total. The average molecular weight is 516 g/mol. The predicted octanol–water partition coefficient (Wildman–Crippen LogP) is 5.94. The van der Waals surface area contributed by atoms with Gasteiger partial charge in [-0.05, 0) is 85.1 Å². The number of amidine groups is 1. The summed E-state index contributed by atoms with van der Waals surface area (Å²) < 4.78 is 14.6. The molecule has 190 valence electrons. The third kappa shape index (κ3) is 5.03. The molecule has 0 amide bonds. The first kappa shape index (κ1) is 25.5. The molecule has 0 atom stereocenters. The zero-order valence-corrected chi connectivity index (χ0v) is 22.2. The number of halogens is 2. The molecule has 0 bridgehead atoms. The predicted molar refractivity (Wildman–Crippen MR) is 156 cm³/mol. The van der Waals surface area contributed by atoms with Crippen molar-refractivity contribution < 1.29 is 4.39 Å². The summed E-state index contributed by atoms with van der Waals surface area (Å²) in [5, 5.41) is 3.97. The topological polar surface area (TPSA) is 66.0 Å². The fourth-order valence-corrected chi connectivity index (χ4v) is 5.64. The molecule has 0 saturated carbocycles. The summed E-state index contributed by atoms with van der Waals surface area (Å²) in [5.41, 5.74) is 13.1. The number of likely N-dealkylation sites (tertiary alicyclic amines) is 1. The van der Waals surface area contributed by atoms with Gasteiger partial charge in [0.2, 0.25) is 0 Å². The number of hydrogen-bond acceptors (Lipinski definition) is 5. The van der Waals surface area contributed by atoms with E-state index < -0.39 is 0 Å². The summed E-state index contributed by atoms with van der Waals surface area (Å²) in [4.78, 5) is 11.6. The summed E-state index contributed by atoms with van der Waals surface area (Å²) in [6.07, 6.45) is 6.35. The van der Waals surface area contributed by atoms with Crippen LogP contribution < -0.4 is 11.1 Å². The van der Waals surface area contributed by atoms with Crippen molar-refractivity contribution in [3.63, 3.8) is 0 Å². The Morgan fingerprint density at radius 1 is 1.24 bits per heavy atom. The van der Waals surface area contributed by atoms with Crippen LogP contribution in [-0.2, 0) is 6.42 Å². The summed E-state index contributed by atoms with van der Waals surface area (Å²) in [6, 6.07) is 9.51. The van der Waals surface area contributed by atoms with Crippen LogP contribution in [0.3, 0.4) is 0 Å². The van der Waals surface area contributed by atoms with Crippen LogP contribution in [-0.4, -0.2) is 42.7 Å². The lowest BCUT2D eigenvalue weighted by Crippen LogP contribution is -2.37.